The van der Waals surface area contributed by atoms with Crippen LogP contribution in [0.1, 0.15) is 19.5 Å². The first-order valence-electron chi connectivity index (χ1n) is 5.90. The van der Waals surface area contributed by atoms with Gasteiger partial charge in [-0.1, -0.05) is 0 Å². The standard InChI is InChI=1S/C12H19N3O2/c1-9-6-15(7-10(2)17-9)12-13-5-4-11(14-12)8-16-3/h4-5,9-10H,6-8H2,1-3H3/t9-,10+. The van der Waals surface area contributed by atoms with E-state index in [4.69, 9.17) is 9.47 Å². The van der Waals surface area contributed by atoms with Crippen LogP contribution in [0.3, 0.4) is 0 Å². The highest BCUT2D eigenvalue weighted by Gasteiger charge is 2.23. The van der Waals surface area contributed by atoms with E-state index in [1.807, 2.05) is 6.07 Å². The molecular weight excluding hydrogens is 218 g/mol. The average Bonchev–Trinajstić information content (AvgIpc) is 2.28. The average molecular weight is 237 g/mol. The summed E-state index contributed by atoms with van der Waals surface area (Å²) < 4.78 is 10.8. The second kappa shape index (κ2) is 5.42. The van der Waals surface area contributed by atoms with Crippen molar-refractivity contribution in [1.82, 2.24) is 9.97 Å². The van der Waals surface area contributed by atoms with Crippen LogP contribution in [0.5, 0.6) is 0 Å². The van der Waals surface area contributed by atoms with Crippen molar-refractivity contribution >= 4 is 5.95 Å². The van der Waals surface area contributed by atoms with Crippen LogP contribution in [-0.2, 0) is 16.1 Å². The number of aromatic nitrogens is 2. The van der Waals surface area contributed by atoms with Gasteiger partial charge in [0, 0.05) is 26.4 Å². The number of rotatable bonds is 3. The molecule has 0 spiro atoms. The summed E-state index contributed by atoms with van der Waals surface area (Å²) >= 11 is 0. The molecule has 0 radical (unpaired) electrons. The number of methoxy groups -OCH3 is 1. The lowest BCUT2D eigenvalue weighted by atomic mass is 10.2. The Kier molecular flexibility index (Phi) is 3.91. The summed E-state index contributed by atoms with van der Waals surface area (Å²) in [5.41, 5.74) is 0.907. The monoisotopic (exact) mass is 237 g/mol. The molecular formula is C12H19N3O2. The van der Waals surface area contributed by atoms with Crippen molar-refractivity contribution in [3.8, 4) is 0 Å². The van der Waals surface area contributed by atoms with E-state index in [9.17, 15) is 0 Å². The highest BCUT2D eigenvalue weighted by molar-refractivity contribution is 5.31. The van der Waals surface area contributed by atoms with Gasteiger partial charge in [0.05, 0.1) is 24.5 Å². The van der Waals surface area contributed by atoms with Crippen molar-refractivity contribution in [2.75, 3.05) is 25.1 Å². The molecule has 0 N–H and O–H groups in total. The molecule has 2 heterocycles. The van der Waals surface area contributed by atoms with Gasteiger partial charge < -0.3 is 14.4 Å². The first-order chi connectivity index (χ1) is 8.19. The molecule has 1 aromatic rings. The zero-order chi connectivity index (χ0) is 12.3. The van der Waals surface area contributed by atoms with Crippen molar-refractivity contribution in [2.24, 2.45) is 0 Å². The van der Waals surface area contributed by atoms with Crippen LogP contribution in [0.25, 0.3) is 0 Å². The van der Waals surface area contributed by atoms with Gasteiger partial charge in [0.25, 0.3) is 0 Å². The van der Waals surface area contributed by atoms with Gasteiger partial charge in [0.15, 0.2) is 0 Å². The fourth-order valence-corrected chi connectivity index (χ4v) is 2.11. The molecule has 17 heavy (non-hydrogen) atoms. The molecule has 5 nitrogen and oxygen atoms in total. The molecule has 2 atom stereocenters. The fraction of sp³-hybridized carbons (Fsp3) is 0.667. The zero-order valence-corrected chi connectivity index (χ0v) is 10.6. The Labute approximate surface area is 102 Å². The van der Waals surface area contributed by atoms with Crippen LogP contribution < -0.4 is 4.90 Å². The van der Waals surface area contributed by atoms with Crippen LogP contribution in [0, 0.1) is 0 Å². The molecule has 1 aliphatic rings. The third-order valence-corrected chi connectivity index (χ3v) is 2.70. The Morgan fingerprint density at radius 1 is 1.41 bits per heavy atom. The molecule has 1 aromatic heterocycles. The summed E-state index contributed by atoms with van der Waals surface area (Å²) in [4.78, 5) is 11.0. The van der Waals surface area contributed by atoms with Crippen LogP contribution >= 0.6 is 0 Å². The number of nitrogens with zero attached hydrogens (tertiary/aromatic N) is 3. The van der Waals surface area contributed by atoms with Crippen LogP contribution in [0.4, 0.5) is 5.95 Å². The molecule has 0 amide bonds. The van der Waals surface area contributed by atoms with Gasteiger partial charge in [-0.15, -0.1) is 0 Å². The van der Waals surface area contributed by atoms with Gasteiger partial charge in [0.1, 0.15) is 0 Å². The van der Waals surface area contributed by atoms with Gasteiger partial charge >= 0.3 is 0 Å². The van der Waals surface area contributed by atoms with Crippen molar-refractivity contribution in [3.63, 3.8) is 0 Å². The molecule has 0 aliphatic carbocycles. The Morgan fingerprint density at radius 3 is 2.76 bits per heavy atom. The molecule has 1 fully saturated rings. The van der Waals surface area contributed by atoms with Crippen molar-refractivity contribution in [1.29, 1.82) is 0 Å². The first-order valence-corrected chi connectivity index (χ1v) is 5.90. The topological polar surface area (TPSA) is 47.5 Å². The van der Waals surface area contributed by atoms with Crippen molar-refractivity contribution in [3.05, 3.63) is 18.0 Å². The largest absolute Gasteiger partial charge is 0.378 e. The number of morpholine rings is 1. The number of anilines is 1. The Balaban J connectivity index is 2.12. The smallest absolute Gasteiger partial charge is 0.225 e. The van der Waals surface area contributed by atoms with Gasteiger partial charge in [0.2, 0.25) is 5.95 Å². The van der Waals surface area contributed by atoms with Crippen LogP contribution in [-0.4, -0.2) is 42.4 Å². The van der Waals surface area contributed by atoms with E-state index in [1.165, 1.54) is 0 Å². The van der Waals surface area contributed by atoms with E-state index in [0.29, 0.717) is 6.61 Å². The number of hydrogen-bond donors (Lipinski definition) is 0. The SMILES string of the molecule is COCc1ccnc(N2C[C@@H](C)O[C@@H](C)C2)n1. The normalized spacial score (nSPS) is 25.0. The van der Waals surface area contributed by atoms with E-state index in [-0.39, 0.29) is 12.2 Å². The predicted molar refractivity (Wildman–Crippen MR) is 65.0 cm³/mol. The predicted octanol–water partition coefficient (Wildman–Crippen LogP) is 1.24. The molecule has 5 heteroatoms. The molecule has 0 unspecified atom stereocenters. The lowest BCUT2D eigenvalue weighted by Gasteiger charge is -2.35. The summed E-state index contributed by atoms with van der Waals surface area (Å²) in [5.74, 6) is 0.765. The first kappa shape index (κ1) is 12.3. The summed E-state index contributed by atoms with van der Waals surface area (Å²) in [6, 6.07) is 1.88. The minimum Gasteiger partial charge on any atom is -0.378 e. The molecule has 0 bridgehead atoms. The summed E-state index contributed by atoms with van der Waals surface area (Å²) in [6.45, 7) is 6.33. The quantitative estimate of drug-likeness (QED) is 0.791. The van der Waals surface area contributed by atoms with Crippen LogP contribution in [0.15, 0.2) is 12.3 Å². The van der Waals surface area contributed by atoms with Gasteiger partial charge in [-0.25, -0.2) is 9.97 Å². The minimum atomic E-state index is 0.216. The van der Waals surface area contributed by atoms with Crippen LogP contribution in [0.2, 0.25) is 0 Å². The van der Waals surface area contributed by atoms with Gasteiger partial charge in [-0.05, 0) is 19.9 Å². The van der Waals surface area contributed by atoms with E-state index >= 15 is 0 Å². The minimum absolute atomic E-state index is 0.216. The number of hydrogen-bond acceptors (Lipinski definition) is 5. The van der Waals surface area contributed by atoms with E-state index < -0.39 is 0 Å². The highest BCUT2D eigenvalue weighted by atomic mass is 16.5. The lowest BCUT2D eigenvalue weighted by molar-refractivity contribution is -0.00574. The second-order valence-electron chi connectivity index (χ2n) is 4.44. The Bertz CT molecular complexity index is 363. The van der Waals surface area contributed by atoms with E-state index in [2.05, 4.69) is 28.7 Å². The molecule has 1 saturated heterocycles. The zero-order valence-electron chi connectivity index (χ0n) is 10.6. The maximum atomic E-state index is 5.69. The molecule has 2 rings (SSSR count). The summed E-state index contributed by atoms with van der Waals surface area (Å²) in [6.07, 6.45) is 2.21. The molecule has 1 aliphatic heterocycles. The number of ether oxygens (including phenoxy) is 2. The Hall–Kier alpha value is -1.20. The Morgan fingerprint density at radius 2 is 2.12 bits per heavy atom. The molecule has 0 aromatic carbocycles. The van der Waals surface area contributed by atoms with Crippen molar-refractivity contribution < 1.29 is 9.47 Å². The van der Waals surface area contributed by atoms with Crippen molar-refractivity contribution in [2.45, 2.75) is 32.7 Å². The lowest BCUT2D eigenvalue weighted by Crippen LogP contribution is -2.46. The molecule has 0 saturated carbocycles. The second-order valence-corrected chi connectivity index (χ2v) is 4.44. The summed E-state index contributed by atoms with van der Waals surface area (Å²) in [5, 5.41) is 0. The summed E-state index contributed by atoms with van der Waals surface area (Å²) in [7, 11) is 1.67. The molecule has 94 valence electrons. The van der Waals surface area contributed by atoms with Gasteiger partial charge in [-0.2, -0.15) is 0 Å². The van der Waals surface area contributed by atoms with E-state index in [1.54, 1.807) is 13.3 Å². The third kappa shape index (κ3) is 3.14. The van der Waals surface area contributed by atoms with E-state index in [0.717, 1.165) is 24.7 Å². The maximum Gasteiger partial charge on any atom is 0.225 e. The maximum absolute atomic E-state index is 5.69. The van der Waals surface area contributed by atoms with Gasteiger partial charge in [-0.3, -0.25) is 0 Å². The third-order valence-electron chi connectivity index (χ3n) is 2.70. The fourth-order valence-electron chi connectivity index (χ4n) is 2.11. The highest BCUT2D eigenvalue weighted by Crippen LogP contribution is 2.16.